The summed E-state index contributed by atoms with van der Waals surface area (Å²) in [5.74, 6) is -0.951. The third kappa shape index (κ3) is 3.63. The molecule has 4 aromatic rings. The molecule has 0 spiro atoms. The summed E-state index contributed by atoms with van der Waals surface area (Å²) in [5, 5.41) is 10.0. The number of aromatic nitrogens is 3. The van der Waals surface area contributed by atoms with Gasteiger partial charge in [-0.1, -0.05) is 6.07 Å². The summed E-state index contributed by atoms with van der Waals surface area (Å²) in [4.78, 5) is 23.6. The maximum absolute atomic E-state index is 15.1. The number of pyridine rings is 2. The Hall–Kier alpha value is -3.75. The Morgan fingerprint density at radius 1 is 1.03 bits per heavy atom. The molecule has 0 radical (unpaired) electrons. The minimum absolute atomic E-state index is 0.198. The van der Waals surface area contributed by atoms with E-state index in [0.29, 0.717) is 41.1 Å². The van der Waals surface area contributed by atoms with E-state index in [1.165, 1.54) is 17.0 Å². The Morgan fingerprint density at radius 2 is 1.76 bits per heavy atom. The van der Waals surface area contributed by atoms with Crippen LogP contribution in [0.4, 0.5) is 19.3 Å². The van der Waals surface area contributed by atoms with Crippen molar-refractivity contribution >= 4 is 28.3 Å². The first kappa shape index (κ1) is 21.1. The molecule has 1 aromatic carbocycles. The van der Waals surface area contributed by atoms with Crippen LogP contribution in [-0.2, 0) is 0 Å². The highest BCUT2D eigenvalue weighted by Gasteiger charge is 2.33. The number of carboxylic acid groups (broad SMARTS) is 1. The molecule has 3 aromatic heterocycles. The van der Waals surface area contributed by atoms with Gasteiger partial charge < -0.3 is 14.4 Å². The topological polar surface area (TPSA) is 74.0 Å². The van der Waals surface area contributed by atoms with Crippen LogP contribution in [0, 0.1) is 18.6 Å². The predicted molar refractivity (Wildman–Crippen MR) is 122 cm³/mol. The molecule has 1 amide bonds. The lowest BCUT2D eigenvalue weighted by Gasteiger charge is -2.44. The first-order valence-electron chi connectivity index (χ1n) is 10.7. The van der Waals surface area contributed by atoms with Crippen molar-refractivity contribution in [3.63, 3.8) is 0 Å². The summed E-state index contributed by atoms with van der Waals surface area (Å²) in [5.41, 5.74) is 2.79. The van der Waals surface area contributed by atoms with Crippen LogP contribution in [0.15, 0.2) is 42.7 Å². The monoisotopic (exact) mass is 451 g/mol. The van der Waals surface area contributed by atoms with Crippen molar-refractivity contribution in [1.29, 1.82) is 0 Å². The number of fused-ring (bicyclic) bond motifs is 2. The van der Waals surface area contributed by atoms with Gasteiger partial charge >= 0.3 is 6.09 Å². The molecule has 1 fully saturated rings. The van der Waals surface area contributed by atoms with Crippen LogP contribution in [-0.4, -0.2) is 55.6 Å². The van der Waals surface area contributed by atoms with Crippen molar-refractivity contribution in [2.24, 2.45) is 0 Å². The lowest BCUT2D eigenvalue weighted by Crippen LogP contribution is -2.58. The van der Waals surface area contributed by atoms with E-state index >= 15 is 4.39 Å². The average Bonchev–Trinajstić information content (AvgIpc) is 3.13. The van der Waals surface area contributed by atoms with Crippen LogP contribution < -0.4 is 4.90 Å². The molecule has 9 heteroatoms. The van der Waals surface area contributed by atoms with Gasteiger partial charge in [0.15, 0.2) is 17.3 Å². The Kier molecular flexibility index (Phi) is 4.92. The number of benzene rings is 1. The van der Waals surface area contributed by atoms with Crippen molar-refractivity contribution in [3.8, 4) is 11.3 Å². The zero-order chi connectivity index (χ0) is 23.4. The van der Waals surface area contributed by atoms with Crippen molar-refractivity contribution in [3.05, 3.63) is 60.1 Å². The fourth-order valence-corrected chi connectivity index (χ4v) is 4.75. The molecular formula is C24H23F2N5O2. The maximum atomic E-state index is 15.1. The zero-order valence-corrected chi connectivity index (χ0v) is 18.5. The molecule has 1 saturated heterocycles. The molecular weight excluding hydrogens is 428 g/mol. The molecule has 1 N–H and O–H groups in total. The smallest absolute Gasteiger partial charge is 0.407 e. The molecule has 5 rings (SSSR count). The van der Waals surface area contributed by atoms with Crippen molar-refractivity contribution in [2.45, 2.75) is 32.9 Å². The molecule has 0 aliphatic carbocycles. The van der Waals surface area contributed by atoms with Gasteiger partial charge in [0.05, 0.1) is 23.5 Å². The number of carbonyl (C=O) groups is 1. The third-order valence-corrected chi connectivity index (χ3v) is 6.16. The van der Waals surface area contributed by atoms with Gasteiger partial charge in [0.2, 0.25) is 0 Å². The summed E-state index contributed by atoms with van der Waals surface area (Å²) in [6, 6.07) is 7.71. The van der Waals surface area contributed by atoms with Gasteiger partial charge in [-0.05, 0) is 45.0 Å². The van der Waals surface area contributed by atoms with Crippen LogP contribution >= 0.6 is 0 Å². The van der Waals surface area contributed by atoms with Crippen molar-refractivity contribution in [2.75, 3.05) is 18.0 Å². The van der Waals surface area contributed by atoms with Crippen LogP contribution in [0.5, 0.6) is 0 Å². The summed E-state index contributed by atoms with van der Waals surface area (Å²) in [6.45, 7) is 6.42. The Bertz CT molecular complexity index is 1390. The minimum atomic E-state index is -0.948. The van der Waals surface area contributed by atoms with Crippen LogP contribution in [0.2, 0.25) is 0 Å². The van der Waals surface area contributed by atoms with Gasteiger partial charge in [0, 0.05) is 42.1 Å². The van der Waals surface area contributed by atoms with E-state index in [2.05, 4.69) is 9.97 Å². The second kappa shape index (κ2) is 7.68. The highest BCUT2D eigenvalue weighted by Crippen LogP contribution is 2.30. The van der Waals surface area contributed by atoms with Crippen LogP contribution in [0.25, 0.3) is 27.8 Å². The molecule has 0 unspecified atom stereocenters. The van der Waals surface area contributed by atoms with E-state index < -0.39 is 17.7 Å². The summed E-state index contributed by atoms with van der Waals surface area (Å²) in [6.07, 6.45) is 2.50. The Labute approximate surface area is 188 Å². The first-order chi connectivity index (χ1) is 15.7. The van der Waals surface area contributed by atoms with Gasteiger partial charge in [0.25, 0.3) is 0 Å². The normalized spacial score (nSPS) is 18.9. The van der Waals surface area contributed by atoms with E-state index in [4.69, 9.17) is 0 Å². The van der Waals surface area contributed by atoms with Gasteiger partial charge in [-0.25, -0.2) is 23.5 Å². The number of hydrogen-bond donors (Lipinski definition) is 1. The highest BCUT2D eigenvalue weighted by molar-refractivity contribution is 5.85. The molecule has 2 atom stereocenters. The number of imidazole rings is 1. The summed E-state index contributed by atoms with van der Waals surface area (Å²) in [7, 11) is 0. The largest absolute Gasteiger partial charge is 0.465 e. The van der Waals surface area contributed by atoms with E-state index in [1.54, 1.807) is 35.9 Å². The molecule has 1 aliphatic heterocycles. The molecule has 33 heavy (non-hydrogen) atoms. The van der Waals surface area contributed by atoms with Crippen LogP contribution in [0.1, 0.15) is 19.5 Å². The number of piperazine rings is 1. The number of hydrogen-bond acceptors (Lipinski definition) is 4. The van der Waals surface area contributed by atoms with E-state index in [1.807, 2.05) is 24.8 Å². The zero-order valence-electron chi connectivity index (χ0n) is 18.5. The average molecular weight is 451 g/mol. The highest BCUT2D eigenvalue weighted by atomic mass is 19.1. The van der Waals surface area contributed by atoms with Gasteiger partial charge in [0.1, 0.15) is 5.52 Å². The molecule has 0 bridgehead atoms. The lowest BCUT2D eigenvalue weighted by molar-refractivity contribution is 0.0982. The van der Waals surface area contributed by atoms with Crippen molar-refractivity contribution in [1.82, 2.24) is 19.3 Å². The number of nitrogens with zero attached hydrogens (tertiary/aromatic N) is 5. The number of aryl methyl sites for hydroxylation is 1. The Morgan fingerprint density at radius 3 is 2.45 bits per heavy atom. The number of amides is 1. The van der Waals surface area contributed by atoms with Gasteiger partial charge in [-0.15, -0.1) is 0 Å². The third-order valence-electron chi connectivity index (χ3n) is 6.16. The summed E-state index contributed by atoms with van der Waals surface area (Å²) >= 11 is 0. The van der Waals surface area contributed by atoms with Crippen molar-refractivity contribution < 1.29 is 18.7 Å². The fourth-order valence-electron chi connectivity index (χ4n) is 4.75. The van der Waals surface area contributed by atoms with E-state index in [9.17, 15) is 14.3 Å². The summed E-state index contributed by atoms with van der Waals surface area (Å²) < 4.78 is 31.3. The van der Waals surface area contributed by atoms with E-state index in [-0.39, 0.29) is 23.2 Å². The predicted octanol–water partition coefficient (Wildman–Crippen LogP) is 4.71. The lowest BCUT2D eigenvalue weighted by atomic mass is 10.1. The molecule has 170 valence electrons. The van der Waals surface area contributed by atoms with Gasteiger partial charge in [-0.3, -0.25) is 4.90 Å². The number of halogens is 2. The van der Waals surface area contributed by atoms with Gasteiger partial charge in [-0.2, -0.15) is 0 Å². The van der Waals surface area contributed by atoms with E-state index in [0.717, 1.165) is 0 Å². The molecule has 1 aliphatic rings. The molecule has 0 saturated carbocycles. The quantitative estimate of drug-likeness (QED) is 0.478. The molecule has 7 nitrogen and oxygen atoms in total. The molecule has 4 heterocycles. The fraction of sp³-hybridized carbons (Fsp3) is 0.292. The number of rotatable bonds is 2. The van der Waals surface area contributed by atoms with Crippen LogP contribution in [0.3, 0.4) is 0 Å². The second-order valence-corrected chi connectivity index (χ2v) is 8.68. The Balaban J connectivity index is 1.51. The standard InChI is InChI=1S/C24H23F2N5O2/c1-13-9-30-12-17(7-20(26)23(30)27-13)21-5-4-16-6-18(8-19(25)22(16)28-21)29-10-14(2)31(24(32)33)15(3)11-29/h4-9,12,14-15H,10-11H2,1-3H3,(H,32,33)/t14-,15+. The number of anilines is 1. The minimum Gasteiger partial charge on any atom is -0.465 e. The maximum Gasteiger partial charge on any atom is 0.407 e. The SMILES string of the molecule is Cc1cn2cc(-c3ccc4cc(N5C[C@@H](C)N(C(=O)O)[C@@H](C)C5)cc(F)c4n3)cc(F)c2n1. The first-order valence-corrected chi connectivity index (χ1v) is 10.7. The second-order valence-electron chi connectivity index (χ2n) is 8.68.